The number of aromatic hydroxyl groups is 3. The largest absolute Gasteiger partial charge is 1.00 e. The zero-order valence-electron chi connectivity index (χ0n) is 74.8. The van der Waals surface area contributed by atoms with E-state index in [0.717, 1.165) is 108 Å². The van der Waals surface area contributed by atoms with Crippen LogP contribution in [0.25, 0.3) is 0 Å². The first-order chi connectivity index (χ1) is 65.0. The number of sulfone groups is 3. The molecule has 0 aliphatic heterocycles. The Morgan fingerprint density at radius 2 is 0.549 bits per heavy atom. The maximum Gasteiger partial charge on any atom is 1.00 e. The summed E-state index contributed by atoms with van der Waals surface area (Å²) >= 11 is 0. The van der Waals surface area contributed by atoms with E-state index in [0.29, 0.717) is 75.9 Å². The van der Waals surface area contributed by atoms with Crippen LogP contribution in [0, 0.1) is 58.2 Å². The normalized spacial score (nSPS) is 11.6. The van der Waals surface area contributed by atoms with Gasteiger partial charge in [-0.25, -0.2) is 46.5 Å². The SMILES string of the molecule is C.C.C.C#Cc1cc(C)ccc1O.C#Cc1cc(Oc2ccc(S(=O)(=O)c3ccc(Oc4ccc(C(c5ccc(Oc6ccc(S(=O)(=O)c7ccc(Oc8ccc(OC)cc8S(=O)(=O)[O-])cc7)cc6)cc5)(C(F)(F)F)C(F)(F)F)cc4)cc3)cc2)ccc1OC.Cc1ccc(C(c2ccc(O)cc2)(C(F)(F)F)C(F)(F)F)cc1.Cc1ccc(O)c(S(=O)(=O)[O-])c1.Cc1ccc(S(=O)(=O)c2ccc(F)cc2)cc1.[K+].[K+]. The summed E-state index contributed by atoms with van der Waals surface area (Å²) in [6.07, 6.45) is -12.5. The Kier molecular flexibility index (Phi) is 43.1. The molecular formula is C103H87F13K2O21S5. The number of ether oxygens (including phenoxy) is 6. The second-order valence-electron chi connectivity index (χ2n) is 29.9. The summed E-state index contributed by atoms with van der Waals surface area (Å²) in [7, 11) is -18.6. The van der Waals surface area contributed by atoms with E-state index < -0.39 is 135 Å². The van der Waals surface area contributed by atoms with Gasteiger partial charge >= 0.3 is 127 Å². The Balaban J connectivity index is 0.000000434. The molecule has 0 aliphatic carbocycles. The summed E-state index contributed by atoms with van der Waals surface area (Å²) < 4.78 is 363. The van der Waals surface area contributed by atoms with Crippen molar-refractivity contribution in [2.45, 2.75) is 125 Å². The van der Waals surface area contributed by atoms with E-state index in [-0.39, 0.29) is 200 Å². The molecule has 748 valence electrons. The van der Waals surface area contributed by atoms with E-state index in [1.54, 1.807) is 68.4 Å². The number of halogens is 13. The monoisotopic (exact) mass is 2140 g/mol. The van der Waals surface area contributed by atoms with Crippen LogP contribution in [0.1, 0.15) is 77.9 Å². The van der Waals surface area contributed by atoms with Gasteiger partial charge < -0.3 is 52.8 Å². The molecule has 0 saturated carbocycles. The van der Waals surface area contributed by atoms with E-state index in [2.05, 4.69) is 11.8 Å². The van der Waals surface area contributed by atoms with Crippen molar-refractivity contribution < 1.29 is 255 Å². The van der Waals surface area contributed by atoms with Crippen LogP contribution in [0.2, 0.25) is 0 Å². The van der Waals surface area contributed by atoms with Crippen LogP contribution in [0.5, 0.6) is 74.7 Å². The van der Waals surface area contributed by atoms with Crippen molar-refractivity contribution in [3.63, 3.8) is 0 Å². The van der Waals surface area contributed by atoms with E-state index in [1.165, 1.54) is 136 Å². The zero-order valence-corrected chi connectivity index (χ0v) is 85.2. The van der Waals surface area contributed by atoms with Gasteiger partial charge in [-0.15, -0.1) is 12.8 Å². The fraction of sp³-hybridized carbons (Fsp3) is 0.146. The van der Waals surface area contributed by atoms with Gasteiger partial charge in [0.25, 0.3) is 0 Å². The predicted molar refractivity (Wildman–Crippen MR) is 502 cm³/mol. The van der Waals surface area contributed by atoms with Crippen molar-refractivity contribution in [3.8, 4) is 99.4 Å². The minimum atomic E-state index is -5.94. The first-order valence-corrected chi connectivity index (χ1v) is 47.1. The van der Waals surface area contributed by atoms with Crippen LogP contribution >= 0.6 is 0 Å². The molecule has 0 amide bonds. The first-order valence-electron chi connectivity index (χ1n) is 39.9. The summed E-state index contributed by atoms with van der Waals surface area (Å²) in [4.78, 5) is -1.65. The number of alkyl halides is 12. The number of phenols is 3. The topological polar surface area (TPSA) is 333 Å². The van der Waals surface area contributed by atoms with Gasteiger partial charge in [0.2, 0.25) is 40.3 Å². The second kappa shape index (κ2) is 50.5. The molecule has 0 aromatic heterocycles. The van der Waals surface area contributed by atoms with Crippen molar-refractivity contribution in [2.75, 3.05) is 14.2 Å². The smallest absolute Gasteiger partial charge is 0.744 e. The van der Waals surface area contributed by atoms with Crippen LogP contribution in [0.4, 0.5) is 57.1 Å². The third-order valence-electron chi connectivity index (χ3n) is 20.4. The molecule has 0 unspecified atom stereocenters. The Bertz CT molecular complexity index is 7310. The first kappa shape index (κ1) is 123. The van der Waals surface area contributed by atoms with Crippen LogP contribution in [0.15, 0.2) is 355 Å². The van der Waals surface area contributed by atoms with Gasteiger partial charge in [-0.05, 0) is 279 Å². The van der Waals surface area contributed by atoms with Crippen molar-refractivity contribution in [3.05, 3.63) is 377 Å². The van der Waals surface area contributed by atoms with Gasteiger partial charge in [0.15, 0.2) is 0 Å². The molecule has 0 aliphatic rings. The average Bonchev–Trinajstić information content (AvgIpc) is 0.717. The minimum Gasteiger partial charge on any atom is -0.744 e. The zero-order chi connectivity index (χ0) is 102. The molecular weight excluding hydrogens is 2060 g/mol. The van der Waals surface area contributed by atoms with Gasteiger partial charge in [-0.1, -0.05) is 130 Å². The summed E-state index contributed by atoms with van der Waals surface area (Å²) in [6.45, 7) is 7.01. The van der Waals surface area contributed by atoms with Gasteiger partial charge in [0.1, 0.15) is 106 Å². The van der Waals surface area contributed by atoms with Crippen LogP contribution in [-0.2, 0) is 60.6 Å². The van der Waals surface area contributed by atoms with Crippen molar-refractivity contribution in [2.24, 2.45) is 0 Å². The van der Waals surface area contributed by atoms with Crippen molar-refractivity contribution in [1.29, 1.82) is 0 Å². The van der Waals surface area contributed by atoms with Crippen LogP contribution in [-0.4, -0.2) is 105 Å². The fourth-order valence-corrected chi connectivity index (χ4v) is 18.4. The molecule has 0 saturated heterocycles. The van der Waals surface area contributed by atoms with Crippen molar-refractivity contribution in [1.82, 2.24) is 0 Å². The molecule has 41 heteroatoms. The molecule has 21 nitrogen and oxygen atoms in total. The molecule has 0 radical (unpaired) electrons. The Morgan fingerprint density at radius 3 is 0.861 bits per heavy atom. The maximum absolute atomic E-state index is 15.1. The number of rotatable bonds is 22. The van der Waals surface area contributed by atoms with E-state index in [4.69, 9.17) is 51.5 Å². The molecule has 144 heavy (non-hydrogen) atoms. The number of benzene rings is 14. The Morgan fingerprint density at radius 1 is 0.285 bits per heavy atom. The summed E-state index contributed by atoms with van der Waals surface area (Å²) in [5.41, 5.74) is -8.83. The number of terminal acetylenes is 2. The van der Waals surface area contributed by atoms with Crippen LogP contribution in [0.3, 0.4) is 0 Å². The number of methoxy groups -OCH3 is 2. The molecule has 0 heterocycles. The van der Waals surface area contributed by atoms with E-state index in [1.807, 2.05) is 19.9 Å². The number of aryl methyl sites for hydroxylation is 4. The standard InChI is InChI=1S/C55H38F6O13S3.C16H12F6O.C13H11FO2S.C9H8O.C7H8O4S.3CH4.2K/c1-4-35-33-45(22-31-50(35)70-3)73-42-17-27-48(28-18-42)75(62,63)46-23-13-40(14-24-46)71-38-9-5-36(6-10-38)53(54(56,57)58,55(59,60)61)37-7-11-39(12-8-37)72-41-15-25-47(26-16-41)76(64,65)49-29-19-43(20-30-49)74-51-32-21-44(69-2)34-52(51)77(66,67)68;1-10-2-4-11(5-3-10)14(15(17,18)19,16(20,21)22)12-6-8-13(23)9-7-12;1-10-2-6-12(7-3-10)17(15,16)13-8-4-11(14)5-9-13;1-3-8-6-7(2)4-5-9(8)10;1-5-2-3-6(8)7(4-5)12(9,10)11;;;;;/h1,5-34H,2-3H3,(H,66,67,68);2-9,23H,1H3;2-9H,1H3;1,4-6,10H,2H3;2-4,8H,1H3,(H,9,10,11);3*1H4;;/q;;;;;;;;2*+1/p-2. The number of phenolic OH excluding ortho intramolecular Hbond substituents is 3. The Labute approximate surface area is 909 Å². The van der Waals surface area contributed by atoms with Gasteiger partial charge in [-0.2, -0.15) is 52.7 Å². The summed E-state index contributed by atoms with van der Waals surface area (Å²) in [5, 5.41) is 27.3. The van der Waals surface area contributed by atoms with Crippen molar-refractivity contribution >= 4 is 49.7 Å². The second-order valence-corrected chi connectivity index (χ2v) is 38.4. The third kappa shape index (κ3) is 29.4. The van der Waals surface area contributed by atoms with E-state index in [9.17, 15) is 87.0 Å². The van der Waals surface area contributed by atoms with Gasteiger partial charge in [0, 0.05) is 12.1 Å². The minimum absolute atomic E-state index is 0. The molecule has 0 fully saturated rings. The van der Waals surface area contributed by atoms with Gasteiger partial charge in [0.05, 0.1) is 59.6 Å². The molecule has 14 aromatic carbocycles. The molecule has 0 bridgehead atoms. The quantitative estimate of drug-likeness (QED) is 0.0186. The molecule has 0 spiro atoms. The molecule has 3 N–H and O–H groups in total. The van der Waals surface area contributed by atoms with E-state index >= 15 is 26.3 Å². The Hall–Kier alpha value is -11.6. The van der Waals surface area contributed by atoms with Crippen LogP contribution < -0.4 is 131 Å². The predicted octanol–water partition coefficient (Wildman–Crippen LogP) is 19.1. The molecule has 14 rings (SSSR count). The van der Waals surface area contributed by atoms with Gasteiger partial charge in [-0.3, -0.25) is 0 Å². The molecule has 0 atom stereocenters. The maximum atomic E-state index is 15.1. The summed E-state index contributed by atoms with van der Waals surface area (Å²) in [6, 6.07) is 61.7. The number of hydrogen-bond acceptors (Lipinski definition) is 21. The molecule has 14 aromatic rings. The average molecular weight is 2150 g/mol. The summed E-state index contributed by atoms with van der Waals surface area (Å²) in [5.74, 6) is 4.18. The third-order valence-corrected chi connectivity index (χ3v) is 27.5. The fourth-order valence-electron chi connectivity index (χ4n) is 13.4. The number of hydrogen-bond donors (Lipinski definition) is 3.